The summed E-state index contributed by atoms with van der Waals surface area (Å²) >= 11 is 0. The fourth-order valence-corrected chi connectivity index (χ4v) is 3.89. The van der Waals surface area contributed by atoms with Gasteiger partial charge in [0.15, 0.2) is 10.9 Å². The zero-order valence-corrected chi connectivity index (χ0v) is 27.2. The van der Waals surface area contributed by atoms with Crippen LogP contribution in [0.5, 0.6) is 0 Å². The largest absolute Gasteiger partial charge is 1.00 e. The molecule has 4 N–H and O–H groups in total. The van der Waals surface area contributed by atoms with E-state index in [-0.39, 0.29) is 68.6 Å². The molecule has 0 aliphatic heterocycles. The summed E-state index contributed by atoms with van der Waals surface area (Å²) in [7, 11) is -5.32. The summed E-state index contributed by atoms with van der Waals surface area (Å²) < 4.78 is 40.5. The number of carboxylic acids is 2. The van der Waals surface area contributed by atoms with E-state index in [1.165, 1.54) is 25.7 Å². The molecule has 0 aliphatic carbocycles. The van der Waals surface area contributed by atoms with Gasteiger partial charge in [0, 0.05) is 0 Å². The molecule has 0 heterocycles. The summed E-state index contributed by atoms with van der Waals surface area (Å²) in [5, 5.41) is 25.3. The Morgan fingerprint density at radius 1 is 0.816 bits per heavy atom. The fraction of sp³-hybridized carbons (Fsp3) is 0.773. The number of unbranched alkanes of at least 4 members (excludes halogenated alkanes) is 9. The molecule has 0 rings (SSSR count). The quantitative estimate of drug-likeness (QED) is 0.0352. The van der Waals surface area contributed by atoms with Crippen molar-refractivity contribution in [1.82, 2.24) is 0 Å². The number of esters is 3. The number of hydrogen-bond acceptors (Lipinski definition) is 10. The molecule has 38 heavy (non-hydrogen) atoms. The fourth-order valence-electron chi connectivity index (χ4n) is 3.24. The Morgan fingerprint density at radius 3 is 1.71 bits per heavy atom. The van der Waals surface area contributed by atoms with Crippen molar-refractivity contribution in [3.05, 3.63) is 0 Å². The molecule has 0 aromatic carbocycles. The number of aliphatic hydroxyl groups is 1. The van der Waals surface area contributed by atoms with Crippen molar-refractivity contribution in [2.75, 3.05) is 6.61 Å². The van der Waals surface area contributed by atoms with Gasteiger partial charge in [0.2, 0.25) is 0 Å². The monoisotopic (exact) mass is 588 g/mol. The smallest absolute Gasteiger partial charge is 1.00 e. The normalized spacial score (nSPS) is 13.1. The van der Waals surface area contributed by atoms with Crippen molar-refractivity contribution >= 4 is 40.0 Å². The second-order valence-electron chi connectivity index (χ2n) is 8.49. The molecule has 0 saturated heterocycles. The topological polar surface area (TPSA) is 219 Å². The van der Waals surface area contributed by atoms with Crippen LogP contribution in [-0.4, -0.2) is 75.6 Å². The third kappa shape index (κ3) is 19.5. The van der Waals surface area contributed by atoms with Crippen molar-refractivity contribution in [1.29, 1.82) is 0 Å². The van der Waals surface area contributed by atoms with Crippen LogP contribution in [0.4, 0.5) is 0 Å². The molecule has 0 aromatic heterocycles. The summed E-state index contributed by atoms with van der Waals surface area (Å²) in [5.74, 6) is -8.84. The minimum atomic E-state index is -5.32. The summed E-state index contributed by atoms with van der Waals surface area (Å²) in [4.78, 5) is 58.0. The minimum Gasteiger partial charge on any atom is -1.00 e. The average Bonchev–Trinajstić information content (AvgIpc) is 2.74. The van der Waals surface area contributed by atoms with Gasteiger partial charge >= 0.3 is 89.0 Å². The molecule has 0 saturated carbocycles. The molecule has 13 nitrogen and oxygen atoms in total. The zero-order valence-electron chi connectivity index (χ0n) is 24.3. The maximum atomic E-state index is 12.2. The summed E-state index contributed by atoms with van der Waals surface area (Å²) in [6.07, 6.45) is 6.24. The minimum absolute atomic E-state index is 0. The molecular formula is C22H38Na2O13S. The number of hydrogen-bond donors (Lipinski definition) is 4. The summed E-state index contributed by atoms with van der Waals surface area (Å²) in [6.45, 7) is 2.09. The van der Waals surface area contributed by atoms with Crippen LogP contribution in [0.3, 0.4) is 0 Å². The van der Waals surface area contributed by atoms with Gasteiger partial charge in [-0.1, -0.05) is 64.7 Å². The standard InChI is InChI=1S/C22H36O13S.2Na.2H/c1-2-3-4-5-6-7-8-9-10-11-12-34-19(27)15-22(30,14-18(25)26)21(29)35-20(28)16(13-17(23)24)36(31,32)33;;;;/h16,30H,2-15H2,1H3,(H,23,24)(H,25,26)(H,31,32,33);;;;/q;2*+1;2*-1. The van der Waals surface area contributed by atoms with Crippen LogP contribution >= 0.6 is 0 Å². The number of carbonyl (C=O) groups excluding carboxylic acids is 3. The van der Waals surface area contributed by atoms with E-state index in [0.29, 0.717) is 6.42 Å². The molecule has 2 unspecified atom stereocenters. The Kier molecular flexibility index (Phi) is 24.4. The Morgan fingerprint density at radius 2 is 1.29 bits per heavy atom. The molecule has 212 valence electrons. The first kappa shape index (κ1) is 41.9. The molecule has 0 spiro atoms. The van der Waals surface area contributed by atoms with E-state index in [2.05, 4.69) is 11.7 Å². The van der Waals surface area contributed by atoms with Gasteiger partial charge in [0.25, 0.3) is 10.1 Å². The van der Waals surface area contributed by atoms with Crippen molar-refractivity contribution in [2.45, 2.75) is 101 Å². The molecule has 0 radical (unpaired) electrons. The first-order chi connectivity index (χ1) is 16.7. The maximum Gasteiger partial charge on any atom is 1.00 e. The number of carbonyl (C=O) groups is 5. The van der Waals surface area contributed by atoms with Crippen LogP contribution in [0.1, 0.15) is 93.2 Å². The molecule has 0 fully saturated rings. The Labute approximate surface area is 269 Å². The average molecular weight is 589 g/mol. The van der Waals surface area contributed by atoms with E-state index >= 15 is 0 Å². The Hall–Kier alpha value is -0.580. The van der Waals surface area contributed by atoms with E-state index in [9.17, 15) is 37.5 Å². The van der Waals surface area contributed by atoms with Crippen LogP contribution < -0.4 is 59.1 Å². The number of ether oxygens (including phenoxy) is 2. The van der Waals surface area contributed by atoms with Crippen molar-refractivity contribution in [3.8, 4) is 0 Å². The van der Waals surface area contributed by atoms with E-state index in [4.69, 9.17) is 19.5 Å². The first-order valence-electron chi connectivity index (χ1n) is 11.8. The third-order valence-electron chi connectivity index (χ3n) is 5.20. The SMILES string of the molecule is CCCCCCCCCCCCOC(=O)CC(O)(CC(=O)O)C(=O)OC(=O)C(CC(=O)O)S(=O)(=O)O.[H-].[H-].[Na+].[Na+]. The van der Waals surface area contributed by atoms with E-state index < -0.39 is 70.1 Å². The van der Waals surface area contributed by atoms with Gasteiger partial charge < -0.3 is 27.6 Å². The second-order valence-corrected chi connectivity index (χ2v) is 10.1. The molecule has 0 bridgehead atoms. The van der Waals surface area contributed by atoms with Gasteiger partial charge in [-0.05, 0) is 6.42 Å². The van der Waals surface area contributed by atoms with Crippen molar-refractivity contribution in [3.63, 3.8) is 0 Å². The summed E-state index contributed by atoms with van der Waals surface area (Å²) in [6, 6.07) is 0. The first-order valence-corrected chi connectivity index (χ1v) is 13.3. The van der Waals surface area contributed by atoms with Crippen LogP contribution in [0.25, 0.3) is 0 Å². The van der Waals surface area contributed by atoms with E-state index in [1.54, 1.807) is 0 Å². The van der Waals surface area contributed by atoms with Gasteiger partial charge in [0.05, 0.1) is 25.9 Å². The van der Waals surface area contributed by atoms with Gasteiger partial charge in [-0.3, -0.25) is 23.7 Å². The second kappa shape index (κ2) is 22.1. The van der Waals surface area contributed by atoms with Crippen molar-refractivity contribution < 1.29 is 124 Å². The molecule has 0 aromatic rings. The number of carboxylic acid groups (broad SMARTS) is 2. The van der Waals surface area contributed by atoms with E-state index in [0.717, 1.165) is 32.1 Å². The molecule has 0 aliphatic rings. The van der Waals surface area contributed by atoms with Crippen LogP contribution in [0, 0.1) is 0 Å². The zero-order chi connectivity index (χ0) is 27.8. The number of aliphatic carboxylic acids is 2. The predicted molar refractivity (Wildman–Crippen MR) is 126 cm³/mol. The van der Waals surface area contributed by atoms with Crippen molar-refractivity contribution in [2.24, 2.45) is 0 Å². The molecular weight excluding hydrogens is 550 g/mol. The third-order valence-corrected chi connectivity index (χ3v) is 6.28. The predicted octanol–water partition coefficient (Wildman–Crippen LogP) is -3.92. The van der Waals surface area contributed by atoms with Gasteiger partial charge in [-0.2, -0.15) is 8.42 Å². The van der Waals surface area contributed by atoms with Crippen LogP contribution in [0.2, 0.25) is 0 Å². The summed E-state index contributed by atoms with van der Waals surface area (Å²) in [5.41, 5.74) is -3.11. The Bertz CT molecular complexity index is 875. The number of rotatable bonds is 20. The molecule has 16 heteroatoms. The van der Waals surface area contributed by atoms with Gasteiger partial charge in [-0.15, -0.1) is 0 Å². The van der Waals surface area contributed by atoms with Gasteiger partial charge in [0.1, 0.15) is 0 Å². The van der Waals surface area contributed by atoms with E-state index in [1.807, 2.05) is 0 Å². The van der Waals surface area contributed by atoms with Crippen LogP contribution in [0.15, 0.2) is 0 Å². The Balaban J connectivity index is -0.00000102. The van der Waals surface area contributed by atoms with Crippen LogP contribution in [-0.2, 0) is 43.6 Å². The molecule has 0 amide bonds. The van der Waals surface area contributed by atoms with Gasteiger partial charge in [-0.25, -0.2) is 4.79 Å². The molecule has 2 atom stereocenters. The maximum absolute atomic E-state index is 12.2.